The first-order valence-corrected chi connectivity index (χ1v) is 8.56. The van der Waals surface area contributed by atoms with Crippen molar-refractivity contribution in [3.05, 3.63) is 47.8 Å². The molecule has 1 saturated heterocycles. The Hall–Kier alpha value is -2.31. The molecule has 1 aromatic heterocycles. The van der Waals surface area contributed by atoms with E-state index >= 15 is 0 Å². The minimum Gasteiger partial charge on any atom is -0.493 e. The van der Waals surface area contributed by atoms with Crippen LogP contribution in [0, 0.1) is 0 Å². The molecule has 2 atom stereocenters. The fraction of sp³-hybridized carbons (Fsp3) is 0.421. The normalized spacial score (nSPS) is 22.0. The first-order chi connectivity index (χ1) is 12.3. The van der Waals surface area contributed by atoms with Crippen LogP contribution in [0.3, 0.4) is 0 Å². The molecule has 4 rings (SSSR count). The van der Waals surface area contributed by atoms with Crippen LogP contribution in [0.25, 0.3) is 0 Å². The third-order valence-corrected chi connectivity index (χ3v) is 4.64. The quantitative estimate of drug-likeness (QED) is 0.902. The number of hydrogen-bond acceptors (Lipinski definition) is 6. The summed E-state index contributed by atoms with van der Waals surface area (Å²) in [5, 5.41) is 3.63. The van der Waals surface area contributed by atoms with Crippen LogP contribution in [-0.2, 0) is 11.3 Å². The number of methoxy groups -OCH3 is 1. The molecule has 0 radical (unpaired) electrons. The van der Waals surface area contributed by atoms with Gasteiger partial charge in [0.25, 0.3) is 0 Å². The summed E-state index contributed by atoms with van der Waals surface area (Å²) in [6, 6.07) is 8.30. The minimum atomic E-state index is 0.0488. The summed E-state index contributed by atoms with van der Waals surface area (Å²) < 4.78 is 22.4. The largest absolute Gasteiger partial charge is 0.493 e. The SMILES string of the molecule is COc1cc(CN[C@H]2CCCO[C@@H]2c2ccncc2)cc2c1OCO2. The monoisotopic (exact) mass is 342 g/mol. The molecule has 1 N–H and O–H groups in total. The Kier molecular flexibility index (Phi) is 4.72. The molecule has 25 heavy (non-hydrogen) atoms. The van der Waals surface area contributed by atoms with Gasteiger partial charge in [0.2, 0.25) is 12.5 Å². The van der Waals surface area contributed by atoms with Gasteiger partial charge in [-0.1, -0.05) is 0 Å². The van der Waals surface area contributed by atoms with Crippen molar-refractivity contribution in [1.29, 1.82) is 0 Å². The lowest BCUT2D eigenvalue weighted by Gasteiger charge is -2.33. The van der Waals surface area contributed by atoms with Gasteiger partial charge in [0, 0.05) is 31.6 Å². The number of ether oxygens (including phenoxy) is 4. The average molecular weight is 342 g/mol. The smallest absolute Gasteiger partial charge is 0.231 e. The second kappa shape index (κ2) is 7.29. The molecule has 1 fully saturated rings. The maximum Gasteiger partial charge on any atom is 0.231 e. The highest BCUT2D eigenvalue weighted by atomic mass is 16.7. The van der Waals surface area contributed by atoms with Crippen LogP contribution < -0.4 is 19.5 Å². The van der Waals surface area contributed by atoms with Crippen LogP contribution in [0.1, 0.15) is 30.1 Å². The molecule has 2 aromatic rings. The molecule has 6 heteroatoms. The fourth-order valence-electron chi connectivity index (χ4n) is 3.41. The summed E-state index contributed by atoms with van der Waals surface area (Å²) in [6.07, 6.45) is 5.81. The molecule has 2 aliphatic rings. The van der Waals surface area contributed by atoms with E-state index in [9.17, 15) is 0 Å². The topological polar surface area (TPSA) is 61.8 Å². The van der Waals surface area contributed by atoms with Crippen molar-refractivity contribution < 1.29 is 18.9 Å². The first-order valence-electron chi connectivity index (χ1n) is 8.56. The van der Waals surface area contributed by atoms with Gasteiger partial charge in [0.05, 0.1) is 13.2 Å². The van der Waals surface area contributed by atoms with Gasteiger partial charge in [0.15, 0.2) is 11.5 Å². The zero-order valence-electron chi connectivity index (χ0n) is 14.2. The van der Waals surface area contributed by atoms with Gasteiger partial charge < -0.3 is 24.3 Å². The number of aromatic nitrogens is 1. The van der Waals surface area contributed by atoms with Gasteiger partial charge in [-0.25, -0.2) is 0 Å². The Labute approximate surface area is 147 Å². The lowest BCUT2D eigenvalue weighted by atomic mass is 9.96. The van der Waals surface area contributed by atoms with E-state index in [0.717, 1.165) is 36.3 Å². The maximum absolute atomic E-state index is 6.02. The Bertz CT molecular complexity index is 723. The summed E-state index contributed by atoms with van der Waals surface area (Å²) in [7, 11) is 1.64. The first kappa shape index (κ1) is 16.2. The standard InChI is InChI=1S/C19H22N2O4/c1-22-16-9-13(10-17-19(16)25-12-24-17)11-21-15-3-2-8-23-18(15)14-4-6-20-7-5-14/h4-7,9-10,15,18,21H,2-3,8,11-12H2,1H3/t15-,18+/m0/s1. The van der Waals surface area contributed by atoms with E-state index in [0.29, 0.717) is 18.0 Å². The van der Waals surface area contributed by atoms with Crippen molar-refractivity contribution in [2.75, 3.05) is 20.5 Å². The molecule has 0 unspecified atom stereocenters. The highest BCUT2D eigenvalue weighted by Crippen LogP contribution is 2.42. The Morgan fingerprint density at radius 2 is 2.12 bits per heavy atom. The number of pyridine rings is 1. The van der Waals surface area contributed by atoms with Gasteiger partial charge in [-0.05, 0) is 48.2 Å². The number of fused-ring (bicyclic) bond motifs is 1. The lowest BCUT2D eigenvalue weighted by molar-refractivity contribution is -0.0112. The Morgan fingerprint density at radius 1 is 1.24 bits per heavy atom. The third kappa shape index (κ3) is 3.41. The van der Waals surface area contributed by atoms with E-state index in [-0.39, 0.29) is 18.9 Å². The Balaban J connectivity index is 1.48. The molecular weight excluding hydrogens is 320 g/mol. The van der Waals surface area contributed by atoms with Gasteiger partial charge in [0.1, 0.15) is 0 Å². The van der Waals surface area contributed by atoms with E-state index in [1.807, 2.05) is 36.7 Å². The molecule has 2 aliphatic heterocycles. The maximum atomic E-state index is 6.02. The van der Waals surface area contributed by atoms with E-state index in [2.05, 4.69) is 10.3 Å². The fourth-order valence-corrected chi connectivity index (χ4v) is 3.41. The zero-order valence-corrected chi connectivity index (χ0v) is 14.2. The van der Waals surface area contributed by atoms with Crippen LogP contribution >= 0.6 is 0 Å². The predicted octanol–water partition coefficient (Wildman–Crippen LogP) is 2.83. The number of nitrogens with one attached hydrogen (secondary N) is 1. The van der Waals surface area contributed by atoms with Gasteiger partial charge in [-0.3, -0.25) is 4.98 Å². The molecule has 0 aliphatic carbocycles. The van der Waals surface area contributed by atoms with Crippen LogP contribution in [-0.4, -0.2) is 31.5 Å². The molecule has 1 aromatic carbocycles. The van der Waals surface area contributed by atoms with Gasteiger partial charge >= 0.3 is 0 Å². The second-order valence-corrected chi connectivity index (χ2v) is 6.23. The van der Waals surface area contributed by atoms with Gasteiger partial charge in [-0.15, -0.1) is 0 Å². The predicted molar refractivity (Wildman–Crippen MR) is 91.9 cm³/mol. The van der Waals surface area contributed by atoms with Crippen molar-refractivity contribution >= 4 is 0 Å². The average Bonchev–Trinajstić information content (AvgIpc) is 3.15. The molecule has 132 valence electrons. The van der Waals surface area contributed by atoms with Crippen molar-refractivity contribution in [3.63, 3.8) is 0 Å². The molecule has 3 heterocycles. The molecule has 0 bridgehead atoms. The summed E-state index contributed by atoms with van der Waals surface area (Å²) >= 11 is 0. The summed E-state index contributed by atoms with van der Waals surface area (Å²) in [5.41, 5.74) is 2.26. The van der Waals surface area contributed by atoms with Crippen molar-refractivity contribution in [3.8, 4) is 17.2 Å². The van der Waals surface area contributed by atoms with Gasteiger partial charge in [-0.2, -0.15) is 0 Å². The number of benzene rings is 1. The van der Waals surface area contributed by atoms with E-state index < -0.39 is 0 Å². The van der Waals surface area contributed by atoms with Crippen LogP contribution in [0.2, 0.25) is 0 Å². The van der Waals surface area contributed by atoms with Crippen molar-refractivity contribution in [1.82, 2.24) is 10.3 Å². The number of rotatable bonds is 5. The molecule has 0 spiro atoms. The molecule has 0 amide bonds. The van der Waals surface area contributed by atoms with E-state index in [1.165, 1.54) is 0 Å². The summed E-state index contributed by atoms with van der Waals surface area (Å²) in [4.78, 5) is 4.10. The third-order valence-electron chi connectivity index (χ3n) is 4.64. The Morgan fingerprint density at radius 3 is 2.96 bits per heavy atom. The van der Waals surface area contributed by atoms with Crippen LogP contribution in [0.15, 0.2) is 36.7 Å². The van der Waals surface area contributed by atoms with Crippen molar-refractivity contribution in [2.24, 2.45) is 0 Å². The lowest BCUT2D eigenvalue weighted by Crippen LogP contribution is -2.39. The minimum absolute atomic E-state index is 0.0488. The number of hydrogen-bond donors (Lipinski definition) is 1. The molecule has 6 nitrogen and oxygen atoms in total. The molecule has 0 saturated carbocycles. The zero-order chi connectivity index (χ0) is 17.1. The molecular formula is C19H22N2O4. The number of nitrogens with zero attached hydrogens (tertiary/aromatic N) is 1. The van der Waals surface area contributed by atoms with E-state index in [4.69, 9.17) is 18.9 Å². The van der Waals surface area contributed by atoms with Crippen LogP contribution in [0.5, 0.6) is 17.2 Å². The highest BCUT2D eigenvalue weighted by molar-refractivity contribution is 5.55. The summed E-state index contributed by atoms with van der Waals surface area (Å²) in [5.74, 6) is 2.13. The highest BCUT2D eigenvalue weighted by Gasteiger charge is 2.27. The van der Waals surface area contributed by atoms with Crippen LogP contribution in [0.4, 0.5) is 0 Å². The van der Waals surface area contributed by atoms with Crippen molar-refractivity contribution in [2.45, 2.75) is 31.5 Å². The summed E-state index contributed by atoms with van der Waals surface area (Å²) in [6.45, 7) is 1.74. The second-order valence-electron chi connectivity index (χ2n) is 6.23. The van der Waals surface area contributed by atoms with E-state index in [1.54, 1.807) is 7.11 Å².